The highest BCUT2D eigenvalue weighted by atomic mass is 16.3. The normalized spacial score (nSPS) is 15.2. The summed E-state index contributed by atoms with van der Waals surface area (Å²) in [5, 5.41) is 22.1. The van der Waals surface area contributed by atoms with Crippen molar-refractivity contribution in [2.75, 3.05) is 0 Å². The van der Waals surface area contributed by atoms with Crippen molar-refractivity contribution in [3.05, 3.63) is 131 Å². The molecule has 4 aromatic carbocycles. The molecule has 0 amide bonds. The molecule has 0 saturated heterocycles. The second-order valence-corrected chi connectivity index (χ2v) is 8.82. The first kappa shape index (κ1) is 21.1. The predicted octanol–water partition coefficient (Wildman–Crippen LogP) is 5.75. The average molecular weight is 434 g/mol. The van der Waals surface area contributed by atoms with Crippen LogP contribution in [-0.2, 0) is 11.1 Å². The van der Waals surface area contributed by atoms with Crippen molar-refractivity contribution in [3.63, 3.8) is 0 Å². The molecule has 1 heterocycles. The number of aliphatic hydroxyl groups is 1. The summed E-state index contributed by atoms with van der Waals surface area (Å²) in [6, 6.07) is 34.1. The van der Waals surface area contributed by atoms with Crippen molar-refractivity contribution in [3.8, 4) is 0 Å². The first-order valence-electron chi connectivity index (χ1n) is 11.2. The molecule has 2 atom stereocenters. The zero-order valence-corrected chi connectivity index (χ0v) is 19.1. The molecule has 0 radical (unpaired) electrons. The number of aromatic nitrogens is 3. The van der Waals surface area contributed by atoms with Crippen molar-refractivity contribution in [2.45, 2.75) is 31.9 Å². The van der Waals surface area contributed by atoms with E-state index in [0.29, 0.717) is 0 Å². The van der Waals surface area contributed by atoms with E-state index in [4.69, 9.17) is 0 Å². The molecule has 4 heteroatoms. The Bertz CT molecular complexity index is 1410. The highest BCUT2D eigenvalue weighted by Gasteiger charge is 2.54. The number of nitrogens with zero attached hydrogens (tertiary/aromatic N) is 3. The van der Waals surface area contributed by atoms with Gasteiger partial charge in [0.05, 0.1) is 5.52 Å². The number of hydrogen-bond acceptors (Lipinski definition) is 3. The minimum absolute atomic E-state index is 0.788. The van der Waals surface area contributed by atoms with Crippen LogP contribution < -0.4 is 0 Å². The largest absolute Gasteiger partial charge is 0.377 e. The van der Waals surface area contributed by atoms with Gasteiger partial charge in [-0.1, -0.05) is 102 Å². The van der Waals surface area contributed by atoms with E-state index in [1.165, 1.54) is 0 Å². The number of rotatable bonds is 5. The maximum atomic E-state index is 13.0. The van der Waals surface area contributed by atoms with E-state index in [9.17, 15) is 5.11 Å². The molecule has 0 bridgehead atoms. The van der Waals surface area contributed by atoms with Crippen LogP contribution in [0.5, 0.6) is 0 Å². The van der Waals surface area contributed by atoms with Crippen LogP contribution in [-0.4, -0.2) is 20.1 Å². The molecular formula is C29H27N3O. The minimum atomic E-state index is -1.44. The number of para-hydroxylation sites is 1. The molecule has 1 N–H and O–H groups in total. The highest BCUT2D eigenvalue weighted by Crippen LogP contribution is 2.49. The summed E-state index contributed by atoms with van der Waals surface area (Å²) in [6.45, 7) is 6.18. The van der Waals surface area contributed by atoms with Crippen LogP contribution >= 0.6 is 0 Å². The molecule has 0 aliphatic rings. The fourth-order valence-corrected chi connectivity index (χ4v) is 5.04. The lowest BCUT2D eigenvalue weighted by atomic mass is 9.67. The zero-order chi connectivity index (χ0) is 23.1. The fourth-order valence-electron chi connectivity index (χ4n) is 5.04. The number of fused-ring (bicyclic) bond motifs is 1. The topological polar surface area (TPSA) is 50.9 Å². The van der Waals surface area contributed by atoms with E-state index < -0.39 is 11.1 Å². The quantitative estimate of drug-likeness (QED) is 0.384. The Morgan fingerprint density at radius 3 is 2.00 bits per heavy atom. The predicted molar refractivity (Wildman–Crippen MR) is 132 cm³/mol. The third-order valence-electron chi connectivity index (χ3n) is 6.78. The molecule has 5 rings (SSSR count). The van der Waals surface area contributed by atoms with E-state index in [0.717, 1.165) is 38.9 Å². The van der Waals surface area contributed by atoms with Crippen molar-refractivity contribution in [2.24, 2.45) is 0 Å². The van der Waals surface area contributed by atoms with Crippen LogP contribution in [0.15, 0.2) is 103 Å². The Morgan fingerprint density at radius 1 is 0.727 bits per heavy atom. The SMILES string of the molecule is Cc1ccc(C(O)(c2ccccc2)C(C)(c2ccccc2)n2nnc3ccccc32)c(C)c1. The summed E-state index contributed by atoms with van der Waals surface area (Å²) in [7, 11) is 0. The summed E-state index contributed by atoms with van der Waals surface area (Å²) in [6.07, 6.45) is 0. The first-order valence-corrected chi connectivity index (χ1v) is 11.2. The van der Waals surface area contributed by atoms with Gasteiger partial charge in [0.25, 0.3) is 0 Å². The van der Waals surface area contributed by atoms with Crippen molar-refractivity contribution >= 4 is 11.0 Å². The van der Waals surface area contributed by atoms with Gasteiger partial charge in [0, 0.05) is 0 Å². The summed E-state index contributed by atoms with van der Waals surface area (Å²) in [4.78, 5) is 0. The number of benzene rings is 4. The van der Waals surface area contributed by atoms with Gasteiger partial charge in [0.1, 0.15) is 16.7 Å². The smallest absolute Gasteiger partial charge is 0.144 e. The Morgan fingerprint density at radius 2 is 1.33 bits per heavy atom. The second kappa shape index (κ2) is 7.98. The maximum Gasteiger partial charge on any atom is 0.144 e. The van der Waals surface area contributed by atoms with Crippen molar-refractivity contribution < 1.29 is 5.11 Å². The van der Waals surface area contributed by atoms with E-state index in [-0.39, 0.29) is 0 Å². The van der Waals surface area contributed by atoms with Crippen LogP contribution in [0.1, 0.15) is 34.7 Å². The Hall–Kier alpha value is -3.76. The lowest BCUT2D eigenvalue weighted by Gasteiger charge is -2.47. The lowest BCUT2D eigenvalue weighted by molar-refractivity contribution is -0.0210. The van der Waals surface area contributed by atoms with Gasteiger partial charge in [-0.25, -0.2) is 4.68 Å². The Kier molecular flexibility index (Phi) is 5.10. The van der Waals surface area contributed by atoms with Gasteiger partial charge in [-0.3, -0.25) is 0 Å². The molecule has 0 aliphatic carbocycles. The lowest BCUT2D eigenvalue weighted by Crippen LogP contribution is -2.53. The van der Waals surface area contributed by atoms with Crippen molar-refractivity contribution in [1.82, 2.24) is 15.0 Å². The molecule has 1 aromatic heterocycles. The van der Waals surface area contributed by atoms with Crippen molar-refractivity contribution in [1.29, 1.82) is 0 Å². The molecule has 33 heavy (non-hydrogen) atoms. The minimum Gasteiger partial charge on any atom is -0.377 e. The molecule has 5 aromatic rings. The second-order valence-electron chi connectivity index (χ2n) is 8.82. The standard InChI is InChI=1S/C29H27N3O/c1-21-18-19-25(22(2)20-21)29(33,24-14-8-5-9-15-24)28(3,23-12-6-4-7-13-23)32-27-17-11-10-16-26(27)30-31-32/h4-20,33H,1-3H3. The van der Waals surface area contributed by atoms with Crippen LogP contribution in [0.25, 0.3) is 11.0 Å². The molecule has 2 unspecified atom stereocenters. The summed E-state index contributed by atoms with van der Waals surface area (Å²) < 4.78 is 1.88. The number of hydrogen-bond donors (Lipinski definition) is 1. The molecular weight excluding hydrogens is 406 g/mol. The van der Waals surface area contributed by atoms with Gasteiger partial charge < -0.3 is 5.11 Å². The summed E-state index contributed by atoms with van der Waals surface area (Å²) in [5.74, 6) is 0. The highest BCUT2D eigenvalue weighted by molar-refractivity contribution is 5.75. The zero-order valence-electron chi connectivity index (χ0n) is 19.1. The van der Waals surface area contributed by atoms with Gasteiger partial charge >= 0.3 is 0 Å². The van der Waals surface area contributed by atoms with E-state index >= 15 is 0 Å². The molecule has 4 nitrogen and oxygen atoms in total. The van der Waals surface area contributed by atoms with Crippen LogP contribution in [0.3, 0.4) is 0 Å². The molecule has 0 spiro atoms. The third kappa shape index (κ3) is 3.18. The monoisotopic (exact) mass is 433 g/mol. The third-order valence-corrected chi connectivity index (χ3v) is 6.78. The van der Waals surface area contributed by atoms with E-state index in [1.807, 2.05) is 95.7 Å². The molecule has 0 fully saturated rings. The van der Waals surface area contributed by atoms with Gasteiger partial charge in [-0.15, -0.1) is 5.10 Å². The van der Waals surface area contributed by atoms with Crippen LogP contribution in [0.4, 0.5) is 0 Å². The van der Waals surface area contributed by atoms with E-state index in [2.05, 4.69) is 43.2 Å². The Balaban J connectivity index is 1.93. The van der Waals surface area contributed by atoms with Gasteiger partial charge in [-0.2, -0.15) is 0 Å². The van der Waals surface area contributed by atoms with Gasteiger partial charge in [0.2, 0.25) is 0 Å². The van der Waals surface area contributed by atoms with Gasteiger partial charge in [-0.05, 0) is 55.2 Å². The van der Waals surface area contributed by atoms with E-state index in [1.54, 1.807) is 0 Å². The van der Waals surface area contributed by atoms with Crippen LogP contribution in [0.2, 0.25) is 0 Å². The average Bonchev–Trinajstić information content (AvgIpc) is 3.29. The Labute approximate surface area is 194 Å². The maximum absolute atomic E-state index is 13.0. The fraction of sp³-hybridized carbons (Fsp3) is 0.172. The summed E-state index contributed by atoms with van der Waals surface area (Å²) in [5.41, 5.74) is 3.95. The van der Waals surface area contributed by atoms with Crippen LogP contribution in [0, 0.1) is 13.8 Å². The van der Waals surface area contributed by atoms with Gasteiger partial charge in [0.15, 0.2) is 0 Å². The summed E-state index contributed by atoms with van der Waals surface area (Å²) >= 11 is 0. The number of aryl methyl sites for hydroxylation is 2. The molecule has 0 saturated carbocycles. The first-order chi connectivity index (χ1) is 16.0. The molecule has 164 valence electrons. The molecule has 0 aliphatic heterocycles.